The number of carbonyl (C=O) groups is 1. The molecular formula is C22H26N6OS. The van der Waals surface area contributed by atoms with Gasteiger partial charge in [0.05, 0.1) is 10.2 Å². The second-order valence-corrected chi connectivity index (χ2v) is 8.85. The number of hydrogen-bond acceptors (Lipinski definition) is 6. The first-order valence-corrected chi connectivity index (χ1v) is 11.5. The van der Waals surface area contributed by atoms with Gasteiger partial charge in [0.25, 0.3) is 0 Å². The van der Waals surface area contributed by atoms with Crippen molar-refractivity contribution in [1.82, 2.24) is 15.3 Å². The monoisotopic (exact) mass is 422 g/mol. The fourth-order valence-corrected chi connectivity index (χ4v) is 5.18. The van der Waals surface area contributed by atoms with Crippen LogP contribution >= 0.6 is 11.3 Å². The van der Waals surface area contributed by atoms with E-state index in [2.05, 4.69) is 47.9 Å². The summed E-state index contributed by atoms with van der Waals surface area (Å²) in [6.45, 7) is 4.00. The molecule has 156 valence electrons. The molecule has 0 saturated carbocycles. The number of amides is 2. The van der Waals surface area contributed by atoms with Gasteiger partial charge in [0.15, 0.2) is 0 Å². The predicted molar refractivity (Wildman–Crippen MR) is 123 cm³/mol. The van der Waals surface area contributed by atoms with Gasteiger partial charge in [-0.15, -0.1) is 11.3 Å². The molecule has 2 N–H and O–H groups in total. The molecule has 5 rings (SSSR count). The number of anilines is 3. The normalized spacial score (nSPS) is 17.5. The van der Waals surface area contributed by atoms with Crippen LogP contribution in [0.4, 0.5) is 22.0 Å². The third kappa shape index (κ3) is 4.05. The van der Waals surface area contributed by atoms with Gasteiger partial charge in [0.2, 0.25) is 0 Å². The summed E-state index contributed by atoms with van der Waals surface area (Å²) in [7, 11) is 0. The number of carbonyl (C=O) groups excluding carboxylic acids is 1. The fourth-order valence-electron chi connectivity index (χ4n) is 4.32. The van der Waals surface area contributed by atoms with Gasteiger partial charge in [0, 0.05) is 43.6 Å². The average molecular weight is 423 g/mol. The minimum Gasteiger partial charge on any atom is -0.372 e. The zero-order valence-corrected chi connectivity index (χ0v) is 17.7. The molecule has 4 heterocycles. The topological polar surface area (TPSA) is 73.4 Å². The Morgan fingerprint density at radius 2 is 1.73 bits per heavy atom. The minimum atomic E-state index is -0.134. The SMILES string of the molecule is O=C(Nc1ccc(N2CCCC2)cc1)NC1CCN(c2ncnc3ccsc23)CC1. The first-order valence-electron chi connectivity index (χ1n) is 10.6. The number of thiophene rings is 1. The lowest BCUT2D eigenvalue weighted by Gasteiger charge is -2.33. The quantitative estimate of drug-likeness (QED) is 0.663. The molecule has 2 aromatic heterocycles. The van der Waals surface area contributed by atoms with Gasteiger partial charge in [-0.1, -0.05) is 0 Å². The van der Waals surface area contributed by atoms with Crippen LogP contribution in [0.15, 0.2) is 42.0 Å². The Morgan fingerprint density at radius 3 is 2.50 bits per heavy atom. The minimum absolute atomic E-state index is 0.134. The van der Waals surface area contributed by atoms with Crippen molar-refractivity contribution in [3.05, 3.63) is 42.0 Å². The lowest BCUT2D eigenvalue weighted by molar-refractivity contribution is 0.246. The second-order valence-electron chi connectivity index (χ2n) is 7.93. The molecule has 2 saturated heterocycles. The van der Waals surface area contributed by atoms with E-state index in [9.17, 15) is 4.79 Å². The van der Waals surface area contributed by atoms with Crippen molar-refractivity contribution in [1.29, 1.82) is 0 Å². The summed E-state index contributed by atoms with van der Waals surface area (Å²) in [6, 6.07) is 10.2. The smallest absolute Gasteiger partial charge is 0.319 e. The van der Waals surface area contributed by atoms with Crippen molar-refractivity contribution in [2.75, 3.05) is 41.3 Å². The Hall–Kier alpha value is -2.87. The van der Waals surface area contributed by atoms with E-state index in [1.807, 2.05) is 18.2 Å². The van der Waals surface area contributed by atoms with Crippen LogP contribution in [-0.4, -0.2) is 48.2 Å². The van der Waals surface area contributed by atoms with E-state index in [0.29, 0.717) is 0 Å². The van der Waals surface area contributed by atoms with Crippen LogP contribution < -0.4 is 20.4 Å². The number of hydrogen-bond donors (Lipinski definition) is 2. The summed E-state index contributed by atoms with van der Waals surface area (Å²) in [4.78, 5) is 26.0. The first-order chi connectivity index (χ1) is 14.8. The van der Waals surface area contributed by atoms with Crippen LogP contribution in [0.1, 0.15) is 25.7 Å². The summed E-state index contributed by atoms with van der Waals surface area (Å²) in [6.07, 6.45) is 5.96. The largest absolute Gasteiger partial charge is 0.372 e. The number of nitrogens with zero attached hydrogens (tertiary/aromatic N) is 4. The molecule has 7 nitrogen and oxygen atoms in total. The second kappa shape index (κ2) is 8.47. The molecule has 1 aromatic carbocycles. The Kier molecular flexibility index (Phi) is 5.40. The highest BCUT2D eigenvalue weighted by Crippen LogP contribution is 2.29. The van der Waals surface area contributed by atoms with Gasteiger partial charge in [-0.3, -0.25) is 0 Å². The highest BCUT2D eigenvalue weighted by Gasteiger charge is 2.23. The summed E-state index contributed by atoms with van der Waals surface area (Å²) in [5.74, 6) is 1.01. The molecule has 30 heavy (non-hydrogen) atoms. The van der Waals surface area contributed by atoms with E-state index in [1.54, 1.807) is 17.7 Å². The maximum Gasteiger partial charge on any atom is 0.319 e. The number of urea groups is 1. The van der Waals surface area contributed by atoms with Crippen LogP contribution in [0.2, 0.25) is 0 Å². The van der Waals surface area contributed by atoms with Gasteiger partial charge in [-0.05, 0) is 61.4 Å². The van der Waals surface area contributed by atoms with Crippen molar-refractivity contribution in [3.63, 3.8) is 0 Å². The molecule has 0 spiro atoms. The summed E-state index contributed by atoms with van der Waals surface area (Å²) < 4.78 is 1.14. The van der Waals surface area contributed by atoms with Crippen LogP contribution in [0, 0.1) is 0 Å². The Bertz CT molecular complexity index is 1010. The third-order valence-electron chi connectivity index (χ3n) is 5.95. The van der Waals surface area contributed by atoms with Crippen LogP contribution in [0.3, 0.4) is 0 Å². The van der Waals surface area contributed by atoms with Crippen LogP contribution in [-0.2, 0) is 0 Å². The number of fused-ring (bicyclic) bond motifs is 1. The van der Waals surface area contributed by atoms with Gasteiger partial charge in [0.1, 0.15) is 12.1 Å². The number of rotatable bonds is 4. The van der Waals surface area contributed by atoms with Gasteiger partial charge >= 0.3 is 6.03 Å². The molecule has 2 aliphatic heterocycles. The highest BCUT2D eigenvalue weighted by atomic mass is 32.1. The molecule has 0 radical (unpaired) electrons. The standard InChI is InChI=1S/C22H26N6OS/c29-22(25-16-3-5-18(6-4-16)27-10-1-2-11-27)26-17-7-12-28(13-8-17)21-20-19(9-14-30-20)23-15-24-21/h3-6,9,14-15,17H,1-2,7-8,10-13H2,(H2,25,26,29). The van der Waals surface area contributed by atoms with Crippen LogP contribution in [0.5, 0.6) is 0 Å². The molecule has 0 unspecified atom stereocenters. The summed E-state index contributed by atoms with van der Waals surface area (Å²) in [5.41, 5.74) is 3.06. The molecule has 2 aliphatic rings. The number of piperidine rings is 1. The van der Waals surface area contributed by atoms with Crippen molar-refractivity contribution in [2.24, 2.45) is 0 Å². The number of benzene rings is 1. The average Bonchev–Trinajstić information content (AvgIpc) is 3.47. The number of nitrogens with one attached hydrogen (secondary N) is 2. The van der Waals surface area contributed by atoms with E-state index in [4.69, 9.17) is 0 Å². The van der Waals surface area contributed by atoms with Crippen LogP contribution in [0.25, 0.3) is 10.2 Å². The van der Waals surface area contributed by atoms with E-state index in [0.717, 1.165) is 60.7 Å². The van der Waals surface area contributed by atoms with Crippen molar-refractivity contribution < 1.29 is 4.79 Å². The zero-order chi connectivity index (χ0) is 20.3. The molecular weight excluding hydrogens is 396 g/mol. The van der Waals surface area contributed by atoms with Gasteiger partial charge in [-0.2, -0.15) is 0 Å². The Labute approximate surface area is 180 Å². The summed E-state index contributed by atoms with van der Waals surface area (Å²) in [5, 5.41) is 8.15. The Morgan fingerprint density at radius 1 is 0.967 bits per heavy atom. The summed E-state index contributed by atoms with van der Waals surface area (Å²) >= 11 is 1.68. The zero-order valence-electron chi connectivity index (χ0n) is 16.9. The Balaban J connectivity index is 1.13. The van der Waals surface area contributed by atoms with E-state index < -0.39 is 0 Å². The molecule has 8 heteroatoms. The predicted octanol–water partition coefficient (Wildman–Crippen LogP) is 4.08. The maximum absolute atomic E-state index is 12.4. The highest BCUT2D eigenvalue weighted by molar-refractivity contribution is 7.17. The fraction of sp³-hybridized carbons (Fsp3) is 0.409. The van der Waals surface area contributed by atoms with Gasteiger partial charge in [-0.25, -0.2) is 14.8 Å². The number of aromatic nitrogens is 2. The van der Waals surface area contributed by atoms with Gasteiger partial charge < -0.3 is 20.4 Å². The van der Waals surface area contributed by atoms with Crippen molar-refractivity contribution in [3.8, 4) is 0 Å². The lowest BCUT2D eigenvalue weighted by atomic mass is 10.1. The maximum atomic E-state index is 12.4. The molecule has 3 aromatic rings. The van der Waals surface area contributed by atoms with E-state index in [-0.39, 0.29) is 12.1 Å². The molecule has 2 amide bonds. The molecule has 2 fully saturated rings. The van der Waals surface area contributed by atoms with Crippen molar-refractivity contribution >= 4 is 44.8 Å². The first kappa shape index (κ1) is 19.1. The lowest BCUT2D eigenvalue weighted by Crippen LogP contribution is -2.46. The third-order valence-corrected chi connectivity index (χ3v) is 6.85. The molecule has 0 atom stereocenters. The molecule has 0 aliphatic carbocycles. The van der Waals surface area contributed by atoms with Crippen molar-refractivity contribution in [2.45, 2.75) is 31.7 Å². The van der Waals surface area contributed by atoms with E-state index in [1.165, 1.54) is 18.5 Å². The molecule has 0 bridgehead atoms. The van der Waals surface area contributed by atoms with E-state index >= 15 is 0 Å².